The van der Waals surface area contributed by atoms with Gasteiger partial charge in [-0.1, -0.05) is 12.1 Å². The van der Waals surface area contributed by atoms with Gasteiger partial charge in [0.2, 0.25) is 0 Å². The molecule has 0 aliphatic carbocycles. The van der Waals surface area contributed by atoms with E-state index in [2.05, 4.69) is 5.32 Å². The van der Waals surface area contributed by atoms with Crippen LogP contribution in [0.3, 0.4) is 0 Å². The van der Waals surface area contributed by atoms with E-state index in [0.29, 0.717) is 24.3 Å². The molecule has 2 rings (SSSR count). The molecule has 0 amide bonds. The highest BCUT2D eigenvalue weighted by Crippen LogP contribution is 2.20. The summed E-state index contributed by atoms with van der Waals surface area (Å²) in [6.07, 6.45) is 0.973. The summed E-state index contributed by atoms with van der Waals surface area (Å²) in [5.41, 5.74) is 2.28. The number of aryl methyl sites for hydroxylation is 2. The smallest absolute Gasteiger partial charge is 0.129 e. The van der Waals surface area contributed by atoms with Crippen molar-refractivity contribution in [1.29, 1.82) is 0 Å². The summed E-state index contributed by atoms with van der Waals surface area (Å²) in [6.45, 7) is 6.47. The van der Waals surface area contributed by atoms with E-state index >= 15 is 0 Å². The summed E-state index contributed by atoms with van der Waals surface area (Å²) in [4.78, 5) is 0. The molecule has 0 bridgehead atoms. The van der Waals surface area contributed by atoms with Gasteiger partial charge in [0.1, 0.15) is 18.2 Å². The van der Waals surface area contributed by atoms with Gasteiger partial charge < -0.3 is 19.6 Å². The maximum Gasteiger partial charge on any atom is 0.129 e. The molecule has 0 saturated carbocycles. The van der Waals surface area contributed by atoms with Crippen molar-refractivity contribution >= 4 is 0 Å². The number of rotatable bonds is 8. The topological polar surface area (TPSA) is 54.6 Å². The molecule has 0 radical (unpaired) electrons. The van der Waals surface area contributed by atoms with Gasteiger partial charge in [0.15, 0.2) is 0 Å². The number of aliphatic hydroxyl groups excluding tert-OH is 1. The minimum atomic E-state index is -0.616. The largest absolute Gasteiger partial charge is 0.467 e. The minimum Gasteiger partial charge on any atom is -0.467 e. The Morgan fingerprint density at radius 1 is 1.30 bits per heavy atom. The highest BCUT2D eigenvalue weighted by Gasteiger charge is 2.12. The van der Waals surface area contributed by atoms with Crippen molar-refractivity contribution in [2.24, 2.45) is 0 Å². The molecule has 5 heteroatoms. The van der Waals surface area contributed by atoms with E-state index in [-0.39, 0.29) is 18.5 Å². The molecule has 2 unspecified atom stereocenters. The second kappa shape index (κ2) is 8.24. The number of halogens is 1. The van der Waals surface area contributed by atoms with Crippen molar-refractivity contribution < 1.29 is 18.7 Å². The average molecular weight is 321 g/mol. The molecule has 23 heavy (non-hydrogen) atoms. The predicted molar refractivity (Wildman–Crippen MR) is 86.7 cm³/mol. The zero-order chi connectivity index (χ0) is 16.8. The summed E-state index contributed by atoms with van der Waals surface area (Å²) < 4.78 is 24.2. The van der Waals surface area contributed by atoms with Crippen LogP contribution in [0.2, 0.25) is 0 Å². The van der Waals surface area contributed by atoms with Crippen LogP contribution < -0.4 is 5.32 Å². The summed E-state index contributed by atoms with van der Waals surface area (Å²) in [6, 6.07) is 7.31. The quantitative estimate of drug-likeness (QED) is 0.783. The fourth-order valence-corrected chi connectivity index (χ4v) is 2.41. The Kier molecular flexibility index (Phi) is 6.33. The van der Waals surface area contributed by atoms with Crippen LogP contribution >= 0.6 is 0 Å². The lowest BCUT2D eigenvalue weighted by atomic mass is 10.0. The molecule has 0 saturated heterocycles. The molecule has 2 aromatic rings. The van der Waals surface area contributed by atoms with Crippen LogP contribution in [0.15, 0.2) is 34.9 Å². The van der Waals surface area contributed by atoms with Gasteiger partial charge in [-0.25, -0.2) is 4.39 Å². The molecule has 2 atom stereocenters. The molecule has 1 heterocycles. The lowest BCUT2D eigenvalue weighted by Crippen LogP contribution is -2.32. The molecule has 4 nitrogen and oxygen atoms in total. The lowest BCUT2D eigenvalue weighted by molar-refractivity contribution is 0.0217. The third-order valence-electron chi connectivity index (χ3n) is 3.75. The van der Waals surface area contributed by atoms with Crippen LogP contribution in [0.4, 0.5) is 4.39 Å². The molecule has 1 aromatic heterocycles. The van der Waals surface area contributed by atoms with Crippen LogP contribution in [0, 0.1) is 19.7 Å². The van der Waals surface area contributed by atoms with Crippen LogP contribution in [0.5, 0.6) is 0 Å². The van der Waals surface area contributed by atoms with E-state index in [1.54, 1.807) is 26.2 Å². The van der Waals surface area contributed by atoms with Crippen molar-refractivity contribution in [3.63, 3.8) is 0 Å². The normalized spacial score (nSPS) is 14.0. The maximum absolute atomic E-state index is 13.7. The molecule has 1 aromatic carbocycles. The Labute approximate surface area is 136 Å². The van der Waals surface area contributed by atoms with E-state index in [9.17, 15) is 9.50 Å². The summed E-state index contributed by atoms with van der Waals surface area (Å²) in [5, 5.41) is 13.2. The highest BCUT2D eigenvalue weighted by molar-refractivity contribution is 5.32. The number of nitrogens with one attached hydrogen (secondary N) is 1. The van der Waals surface area contributed by atoms with E-state index in [1.165, 1.54) is 0 Å². The maximum atomic E-state index is 13.7. The number of hydrogen-bond acceptors (Lipinski definition) is 4. The molecule has 2 N–H and O–H groups in total. The minimum absolute atomic E-state index is 0.0210. The highest BCUT2D eigenvalue weighted by atomic mass is 19.1. The molecule has 0 spiro atoms. The second-order valence-corrected chi connectivity index (χ2v) is 5.85. The Bertz CT molecular complexity index is 590. The zero-order valence-electron chi connectivity index (χ0n) is 13.8. The monoisotopic (exact) mass is 321 g/mol. The first-order chi connectivity index (χ1) is 11.0. The third-order valence-corrected chi connectivity index (χ3v) is 3.75. The van der Waals surface area contributed by atoms with Crippen molar-refractivity contribution in [3.8, 4) is 0 Å². The first-order valence-corrected chi connectivity index (χ1v) is 7.75. The summed E-state index contributed by atoms with van der Waals surface area (Å²) in [5.74, 6) is 0.572. The fourth-order valence-electron chi connectivity index (χ4n) is 2.41. The summed E-state index contributed by atoms with van der Waals surface area (Å²) in [7, 11) is 0. The van der Waals surface area contributed by atoms with Crippen molar-refractivity contribution in [3.05, 3.63) is 58.8 Å². The van der Waals surface area contributed by atoms with Crippen LogP contribution in [-0.2, 0) is 11.3 Å². The fraction of sp³-hybridized carbons (Fsp3) is 0.444. The third kappa shape index (κ3) is 5.16. The van der Waals surface area contributed by atoms with Crippen LogP contribution in [-0.4, -0.2) is 24.4 Å². The van der Waals surface area contributed by atoms with Gasteiger partial charge >= 0.3 is 0 Å². The molecule has 0 fully saturated rings. The number of aliphatic hydroxyl groups is 1. The van der Waals surface area contributed by atoms with Crippen LogP contribution in [0.1, 0.15) is 35.4 Å². The number of benzene rings is 1. The molecular formula is C18H24FNO3. The van der Waals surface area contributed by atoms with E-state index in [1.807, 2.05) is 25.1 Å². The van der Waals surface area contributed by atoms with Gasteiger partial charge in [-0.05, 0) is 49.6 Å². The standard InChI is InChI=1S/C18H24FNO3/c1-12-7-15(8-13(2)18(12)19)14(3)20-9-16(21)10-22-11-17-5-4-6-23-17/h4-8,14,16,20-21H,9-11H2,1-3H3. The van der Waals surface area contributed by atoms with Crippen molar-refractivity contribution in [2.45, 2.75) is 39.5 Å². The summed E-state index contributed by atoms with van der Waals surface area (Å²) >= 11 is 0. The zero-order valence-corrected chi connectivity index (χ0v) is 13.8. The van der Waals surface area contributed by atoms with Crippen LogP contribution in [0.25, 0.3) is 0 Å². The van der Waals surface area contributed by atoms with E-state index < -0.39 is 6.10 Å². The van der Waals surface area contributed by atoms with Gasteiger partial charge in [-0.3, -0.25) is 0 Å². The molecule has 0 aliphatic heterocycles. The van der Waals surface area contributed by atoms with Gasteiger partial charge in [0, 0.05) is 12.6 Å². The second-order valence-electron chi connectivity index (χ2n) is 5.85. The Morgan fingerprint density at radius 3 is 2.61 bits per heavy atom. The molecule has 126 valence electrons. The lowest BCUT2D eigenvalue weighted by Gasteiger charge is -2.19. The van der Waals surface area contributed by atoms with Gasteiger partial charge in [0.25, 0.3) is 0 Å². The number of furan rings is 1. The Hall–Kier alpha value is -1.69. The number of ether oxygens (including phenoxy) is 1. The van der Waals surface area contributed by atoms with Gasteiger partial charge in [-0.15, -0.1) is 0 Å². The Balaban J connectivity index is 1.76. The van der Waals surface area contributed by atoms with E-state index in [4.69, 9.17) is 9.15 Å². The van der Waals surface area contributed by atoms with Gasteiger partial charge in [-0.2, -0.15) is 0 Å². The van der Waals surface area contributed by atoms with E-state index in [0.717, 1.165) is 11.3 Å². The number of hydrogen-bond donors (Lipinski definition) is 2. The van der Waals surface area contributed by atoms with Gasteiger partial charge in [0.05, 0.1) is 19.0 Å². The first-order valence-electron chi connectivity index (χ1n) is 7.75. The average Bonchev–Trinajstić information content (AvgIpc) is 3.03. The predicted octanol–water partition coefficient (Wildman–Crippen LogP) is 3.26. The van der Waals surface area contributed by atoms with Crippen molar-refractivity contribution in [1.82, 2.24) is 5.32 Å². The molecule has 0 aliphatic rings. The first kappa shape index (κ1) is 17.7. The Morgan fingerprint density at radius 2 is 2.00 bits per heavy atom. The van der Waals surface area contributed by atoms with Crippen molar-refractivity contribution in [2.75, 3.05) is 13.2 Å². The molecular weight excluding hydrogens is 297 g/mol. The SMILES string of the molecule is Cc1cc(C(C)NCC(O)COCc2ccco2)cc(C)c1F.